The van der Waals surface area contributed by atoms with Crippen LogP contribution in [0.2, 0.25) is 0 Å². The van der Waals surface area contributed by atoms with Crippen molar-refractivity contribution in [2.24, 2.45) is 4.99 Å². The summed E-state index contributed by atoms with van der Waals surface area (Å²) >= 11 is 0. The van der Waals surface area contributed by atoms with Crippen molar-refractivity contribution < 1.29 is 0 Å². The van der Waals surface area contributed by atoms with Crippen LogP contribution in [0.1, 0.15) is 29.3 Å². The monoisotopic (exact) mass is 652 g/mol. The molecule has 0 N–H and O–H groups in total. The minimum Gasteiger partial charge on any atom is -0.249 e. The predicted molar refractivity (Wildman–Crippen MR) is 211 cm³/mol. The molecule has 10 rings (SSSR count). The van der Waals surface area contributed by atoms with Crippen molar-refractivity contribution in [3.63, 3.8) is 0 Å². The molecular formula is C47H32N4. The van der Waals surface area contributed by atoms with Crippen molar-refractivity contribution in [1.29, 1.82) is 0 Å². The highest BCUT2D eigenvalue weighted by Crippen LogP contribution is 2.38. The third-order valence-corrected chi connectivity index (χ3v) is 10.3. The van der Waals surface area contributed by atoms with Gasteiger partial charge in [0.05, 0.1) is 11.4 Å². The summed E-state index contributed by atoms with van der Waals surface area (Å²) in [6, 6.07) is 58.0. The van der Waals surface area contributed by atoms with E-state index in [1.165, 1.54) is 48.8 Å². The molecule has 51 heavy (non-hydrogen) atoms. The van der Waals surface area contributed by atoms with Crippen LogP contribution in [0, 0.1) is 0 Å². The second kappa shape index (κ2) is 12.1. The van der Waals surface area contributed by atoms with Gasteiger partial charge in [0.1, 0.15) is 0 Å². The molecule has 0 aliphatic carbocycles. The Morgan fingerprint density at radius 3 is 1.71 bits per heavy atom. The van der Waals surface area contributed by atoms with E-state index in [0.29, 0.717) is 17.5 Å². The average Bonchev–Trinajstić information content (AvgIpc) is 3.41. The molecule has 4 heteroatoms. The maximum atomic E-state index is 5.38. The summed E-state index contributed by atoms with van der Waals surface area (Å²) in [5.74, 6) is 1.90. The Morgan fingerprint density at radius 2 is 0.961 bits per heavy atom. The van der Waals surface area contributed by atoms with Crippen LogP contribution in [-0.2, 0) is 6.42 Å². The molecule has 1 atom stereocenters. The zero-order valence-corrected chi connectivity index (χ0v) is 27.9. The summed E-state index contributed by atoms with van der Waals surface area (Å²) in [5.41, 5.74) is 6.19. The van der Waals surface area contributed by atoms with Gasteiger partial charge in [-0.15, -0.1) is 0 Å². The van der Waals surface area contributed by atoms with Gasteiger partial charge in [0.2, 0.25) is 0 Å². The lowest BCUT2D eigenvalue weighted by Crippen LogP contribution is -2.18. The number of aromatic nitrogens is 3. The Bertz CT molecular complexity index is 2790. The highest BCUT2D eigenvalue weighted by molar-refractivity contribution is 6.25. The van der Waals surface area contributed by atoms with Crippen LogP contribution < -0.4 is 0 Å². The minimum absolute atomic E-state index is 0.0187. The van der Waals surface area contributed by atoms with Gasteiger partial charge in [0.25, 0.3) is 0 Å². The van der Waals surface area contributed by atoms with Gasteiger partial charge in [-0.3, -0.25) is 0 Å². The van der Waals surface area contributed by atoms with Gasteiger partial charge in [-0.2, -0.15) is 0 Å². The predicted octanol–water partition coefficient (Wildman–Crippen LogP) is 11.7. The summed E-state index contributed by atoms with van der Waals surface area (Å²) in [6.45, 7) is 0. The first kappa shape index (κ1) is 29.4. The van der Waals surface area contributed by atoms with Gasteiger partial charge in [0.15, 0.2) is 17.5 Å². The second-order valence-electron chi connectivity index (χ2n) is 13.3. The fourth-order valence-corrected chi connectivity index (χ4v) is 7.82. The number of hydrogen-bond acceptors (Lipinski definition) is 4. The van der Waals surface area contributed by atoms with E-state index in [9.17, 15) is 0 Å². The summed E-state index contributed by atoms with van der Waals surface area (Å²) < 4.78 is 0. The van der Waals surface area contributed by atoms with E-state index in [0.717, 1.165) is 40.8 Å². The Balaban J connectivity index is 1.23. The van der Waals surface area contributed by atoms with Crippen LogP contribution in [0.3, 0.4) is 0 Å². The lowest BCUT2D eigenvalue weighted by molar-refractivity contribution is 0.771. The first-order valence-corrected chi connectivity index (χ1v) is 17.6. The van der Waals surface area contributed by atoms with Gasteiger partial charge in [-0.25, -0.2) is 19.9 Å². The van der Waals surface area contributed by atoms with Gasteiger partial charge in [0, 0.05) is 17.0 Å². The molecule has 0 fully saturated rings. The summed E-state index contributed by atoms with van der Waals surface area (Å²) in [4.78, 5) is 21.1. The van der Waals surface area contributed by atoms with Crippen molar-refractivity contribution in [3.05, 3.63) is 181 Å². The molecule has 1 unspecified atom stereocenters. The van der Waals surface area contributed by atoms with Gasteiger partial charge in [-0.05, 0) is 85.3 Å². The van der Waals surface area contributed by atoms with Crippen LogP contribution in [0.5, 0.6) is 0 Å². The van der Waals surface area contributed by atoms with Crippen molar-refractivity contribution in [2.45, 2.75) is 18.8 Å². The summed E-state index contributed by atoms with van der Waals surface area (Å²) in [6.07, 6.45) is 1.82. The highest BCUT2D eigenvalue weighted by Gasteiger charge is 2.27. The molecule has 0 saturated carbocycles. The molecule has 240 valence electrons. The molecule has 0 amide bonds. The Labute approximate surface area is 295 Å². The number of aryl methyl sites for hydroxylation is 1. The van der Waals surface area contributed by atoms with Gasteiger partial charge < -0.3 is 0 Å². The fraction of sp³-hybridized carbons (Fsp3) is 0.0638. The molecule has 0 bridgehead atoms. The third-order valence-electron chi connectivity index (χ3n) is 10.3. The van der Waals surface area contributed by atoms with E-state index < -0.39 is 0 Å². The molecule has 1 aromatic heterocycles. The first-order chi connectivity index (χ1) is 25.3. The molecule has 8 aromatic carbocycles. The van der Waals surface area contributed by atoms with E-state index >= 15 is 0 Å². The SMILES string of the molecule is c1ccc(C2CCc3ccccc3N=C2c2nc(-c3ccc4ccccc4c3)nc(-c3ccc4c5ccccc5c5ccccc5c4c3)n2)cc1. The number of nitrogens with zero attached hydrogens (tertiary/aromatic N) is 4. The van der Waals surface area contributed by atoms with E-state index in [1.54, 1.807) is 0 Å². The number of benzene rings is 8. The topological polar surface area (TPSA) is 51.0 Å². The highest BCUT2D eigenvalue weighted by atomic mass is 15.1. The fourth-order valence-electron chi connectivity index (χ4n) is 7.82. The Morgan fingerprint density at radius 1 is 0.412 bits per heavy atom. The molecule has 1 aliphatic rings. The number of para-hydroxylation sites is 1. The standard InChI is InChI=1S/C47H32N4/c1-2-13-31(14-3-1)36-26-24-32-15-6-11-21-43(32)48-44(36)47-50-45(34-23-22-30-12-4-5-16-33(30)28-34)49-46(51-47)35-25-27-41-39-19-8-7-17-37(39)38-18-9-10-20-40(38)42(41)29-35/h1-23,25,27-29,36H,24,26H2. The minimum atomic E-state index is 0.0187. The third kappa shape index (κ3) is 5.15. The van der Waals surface area contributed by atoms with Crippen LogP contribution in [-0.4, -0.2) is 20.7 Å². The smallest absolute Gasteiger partial charge is 0.178 e. The van der Waals surface area contributed by atoms with Gasteiger partial charge >= 0.3 is 0 Å². The molecule has 9 aromatic rings. The van der Waals surface area contributed by atoms with Crippen molar-refractivity contribution >= 4 is 54.5 Å². The van der Waals surface area contributed by atoms with Crippen LogP contribution in [0.4, 0.5) is 5.69 Å². The van der Waals surface area contributed by atoms with Crippen molar-refractivity contribution in [1.82, 2.24) is 15.0 Å². The van der Waals surface area contributed by atoms with E-state index in [2.05, 4.69) is 164 Å². The molecule has 0 radical (unpaired) electrons. The molecule has 1 aliphatic heterocycles. The normalized spacial score (nSPS) is 14.4. The quantitative estimate of drug-likeness (QED) is 0.178. The molecular weight excluding hydrogens is 621 g/mol. The Hall–Kier alpha value is -6.52. The molecule has 0 saturated heterocycles. The van der Waals surface area contributed by atoms with Crippen molar-refractivity contribution in [3.8, 4) is 22.8 Å². The van der Waals surface area contributed by atoms with E-state index in [1.807, 2.05) is 0 Å². The lowest BCUT2D eigenvalue weighted by atomic mass is 9.88. The maximum Gasteiger partial charge on any atom is 0.178 e. The number of aliphatic imine (C=N–C) groups is 1. The van der Waals surface area contributed by atoms with Crippen LogP contribution in [0.15, 0.2) is 169 Å². The number of rotatable bonds is 4. The summed E-state index contributed by atoms with van der Waals surface area (Å²) in [5, 5.41) is 9.67. The zero-order valence-electron chi connectivity index (χ0n) is 27.9. The maximum absolute atomic E-state index is 5.38. The summed E-state index contributed by atoms with van der Waals surface area (Å²) in [7, 11) is 0. The van der Waals surface area contributed by atoms with Gasteiger partial charge in [-0.1, -0.05) is 146 Å². The van der Waals surface area contributed by atoms with E-state index in [4.69, 9.17) is 19.9 Å². The van der Waals surface area contributed by atoms with Crippen LogP contribution in [0.25, 0.3) is 65.9 Å². The van der Waals surface area contributed by atoms with E-state index in [-0.39, 0.29) is 5.92 Å². The molecule has 0 spiro atoms. The van der Waals surface area contributed by atoms with Crippen molar-refractivity contribution in [2.75, 3.05) is 0 Å². The largest absolute Gasteiger partial charge is 0.249 e. The Kier molecular flexibility index (Phi) is 6.98. The molecule has 4 nitrogen and oxygen atoms in total. The average molecular weight is 653 g/mol. The van der Waals surface area contributed by atoms with Crippen LogP contribution >= 0.6 is 0 Å². The molecule has 2 heterocycles. The number of fused-ring (bicyclic) bond motifs is 8. The second-order valence-corrected chi connectivity index (χ2v) is 13.3. The number of hydrogen-bond donors (Lipinski definition) is 0. The zero-order chi connectivity index (χ0) is 33.7. The first-order valence-electron chi connectivity index (χ1n) is 17.6. The lowest BCUT2D eigenvalue weighted by Gasteiger charge is -2.18.